The lowest BCUT2D eigenvalue weighted by Gasteiger charge is -2.25. The molecule has 2 aromatic heterocycles. The van der Waals surface area contributed by atoms with E-state index >= 15 is 0 Å². The zero-order chi connectivity index (χ0) is 22.1. The van der Waals surface area contributed by atoms with Crippen molar-refractivity contribution in [1.29, 1.82) is 0 Å². The molecule has 1 aliphatic rings. The van der Waals surface area contributed by atoms with E-state index in [0.717, 1.165) is 4.88 Å². The number of nitrogens with zero attached hydrogens (tertiary/aromatic N) is 1. The SMILES string of the molecule is COc1cccc2cc(C(=O)C3=C(O)C(=O)N(CCOC(C)C)C3c3cccs3)oc12. The highest BCUT2D eigenvalue weighted by Gasteiger charge is 2.44. The van der Waals surface area contributed by atoms with E-state index in [0.29, 0.717) is 23.3 Å². The Morgan fingerprint density at radius 3 is 2.77 bits per heavy atom. The summed E-state index contributed by atoms with van der Waals surface area (Å²) < 4.78 is 16.7. The average Bonchev–Trinajstić information content (AvgIpc) is 3.47. The first kappa shape index (κ1) is 21.1. The van der Waals surface area contributed by atoms with E-state index in [1.54, 1.807) is 24.3 Å². The minimum absolute atomic E-state index is 0.00563. The standard InChI is InChI=1S/C23H23NO6S/c1-13(2)29-10-9-24-19(17-8-5-11-31-17)18(21(26)23(24)27)20(25)16-12-14-6-4-7-15(28-3)22(14)30-16/h4-8,11-13,19,26H,9-10H2,1-3H3. The molecule has 1 amide bonds. The van der Waals surface area contributed by atoms with E-state index in [1.807, 2.05) is 31.4 Å². The maximum Gasteiger partial charge on any atom is 0.290 e. The maximum absolute atomic E-state index is 13.4. The molecule has 1 aromatic carbocycles. The van der Waals surface area contributed by atoms with Crippen molar-refractivity contribution in [1.82, 2.24) is 4.90 Å². The predicted octanol–water partition coefficient (Wildman–Crippen LogP) is 4.51. The van der Waals surface area contributed by atoms with Crippen LogP contribution in [0.15, 0.2) is 57.5 Å². The highest BCUT2D eigenvalue weighted by molar-refractivity contribution is 7.10. The average molecular weight is 442 g/mol. The smallest absolute Gasteiger partial charge is 0.290 e. The first-order chi connectivity index (χ1) is 14.9. The van der Waals surface area contributed by atoms with Crippen molar-refractivity contribution >= 4 is 34.0 Å². The number of aliphatic hydroxyl groups excluding tert-OH is 1. The molecule has 0 spiro atoms. The third-order valence-corrected chi connectivity index (χ3v) is 6.02. The van der Waals surface area contributed by atoms with Crippen molar-refractivity contribution in [2.24, 2.45) is 0 Å². The summed E-state index contributed by atoms with van der Waals surface area (Å²) in [5, 5.41) is 13.2. The number of ketones is 1. The molecule has 4 rings (SSSR count). The third kappa shape index (κ3) is 3.84. The fraction of sp³-hybridized carbons (Fsp3) is 0.304. The molecule has 0 bridgehead atoms. The Kier molecular flexibility index (Phi) is 5.84. The number of amides is 1. The summed E-state index contributed by atoms with van der Waals surface area (Å²) in [4.78, 5) is 28.6. The van der Waals surface area contributed by atoms with Crippen molar-refractivity contribution in [3.05, 3.63) is 63.7 Å². The third-order valence-electron chi connectivity index (χ3n) is 5.10. The van der Waals surface area contributed by atoms with Crippen LogP contribution in [0.5, 0.6) is 5.75 Å². The summed E-state index contributed by atoms with van der Waals surface area (Å²) in [7, 11) is 1.52. The van der Waals surface area contributed by atoms with Crippen LogP contribution in [0, 0.1) is 0 Å². The monoisotopic (exact) mass is 441 g/mol. The van der Waals surface area contributed by atoms with Gasteiger partial charge in [-0.1, -0.05) is 18.2 Å². The Balaban J connectivity index is 1.73. The predicted molar refractivity (Wildman–Crippen MR) is 117 cm³/mol. The van der Waals surface area contributed by atoms with Crippen LogP contribution in [0.25, 0.3) is 11.0 Å². The van der Waals surface area contributed by atoms with E-state index in [-0.39, 0.29) is 24.0 Å². The van der Waals surface area contributed by atoms with Crippen LogP contribution < -0.4 is 4.74 Å². The highest BCUT2D eigenvalue weighted by atomic mass is 32.1. The van der Waals surface area contributed by atoms with Crippen molar-refractivity contribution in [2.45, 2.75) is 26.0 Å². The molecule has 3 heterocycles. The number of ether oxygens (including phenoxy) is 2. The number of methoxy groups -OCH3 is 1. The second kappa shape index (κ2) is 8.56. The number of para-hydroxylation sites is 1. The summed E-state index contributed by atoms with van der Waals surface area (Å²) >= 11 is 1.41. The molecule has 31 heavy (non-hydrogen) atoms. The van der Waals surface area contributed by atoms with Crippen LogP contribution in [-0.4, -0.2) is 48.1 Å². The quantitative estimate of drug-likeness (QED) is 0.518. The molecule has 1 aliphatic heterocycles. The van der Waals surface area contributed by atoms with Crippen molar-refractivity contribution in [2.75, 3.05) is 20.3 Å². The Morgan fingerprint density at radius 1 is 1.29 bits per heavy atom. The van der Waals surface area contributed by atoms with Crippen LogP contribution in [-0.2, 0) is 9.53 Å². The topological polar surface area (TPSA) is 89.2 Å². The van der Waals surface area contributed by atoms with Gasteiger partial charge in [0.25, 0.3) is 5.91 Å². The number of carbonyl (C=O) groups is 2. The Labute approximate surface area is 183 Å². The summed E-state index contributed by atoms with van der Waals surface area (Å²) in [6.07, 6.45) is 0.00563. The van der Waals surface area contributed by atoms with Crippen LogP contribution in [0.3, 0.4) is 0 Å². The Morgan fingerprint density at radius 2 is 2.10 bits per heavy atom. The van der Waals surface area contributed by atoms with E-state index in [2.05, 4.69) is 0 Å². The number of rotatable bonds is 8. The van der Waals surface area contributed by atoms with Gasteiger partial charge in [0.1, 0.15) is 0 Å². The zero-order valence-electron chi connectivity index (χ0n) is 17.5. The lowest BCUT2D eigenvalue weighted by molar-refractivity contribution is -0.130. The van der Waals surface area contributed by atoms with Crippen LogP contribution in [0.4, 0.5) is 0 Å². The summed E-state index contributed by atoms with van der Waals surface area (Å²) in [5.74, 6) is -1.15. The molecule has 0 fully saturated rings. The molecule has 1 N–H and O–H groups in total. The first-order valence-electron chi connectivity index (χ1n) is 9.92. The molecule has 0 aliphatic carbocycles. The maximum atomic E-state index is 13.4. The molecule has 0 saturated carbocycles. The van der Waals surface area contributed by atoms with Crippen molar-refractivity contribution in [3.8, 4) is 5.75 Å². The van der Waals surface area contributed by atoms with Crippen LogP contribution in [0.2, 0.25) is 0 Å². The largest absolute Gasteiger partial charge is 0.503 e. The molecule has 0 radical (unpaired) electrons. The van der Waals surface area contributed by atoms with E-state index in [4.69, 9.17) is 13.9 Å². The van der Waals surface area contributed by atoms with E-state index in [9.17, 15) is 14.7 Å². The van der Waals surface area contributed by atoms with Gasteiger partial charge in [0.05, 0.1) is 31.4 Å². The van der Waals surface area contributed by atoms with Gasteiger partial charge >= 0.3 is 0 Å². The van der Waals surface area contributed by atoms with Gasteiger partial charge in [-0.15, -0.1) is 11.3 Å². The first-order valence-corrected chi connectivity index (χ1v) is 10.8. The summed E-state index contributed by atoms with van der Waals surface area (Å²) in [6.45, 7) is 4.35. The lowest BCUT2D eigenvalue weighted by atomic mass is 10.00. The van der Waals surface area contributed by atoms with Crippen LogP contribution >= 0.6 is 11.3 Å². The molecule has 3 aromatic rings. The molecular weight excluding hydrogens is 418 g/mol. The second-order valence-electron chi connectivity index (χ2n) is 7.42. The van der Waals surface area contributed by atoms with Crippen molar-refractivity contribution in [3.63, 3.8) is 0 Å². The fourth-order valence-electron chi connectivity index (χ4n) is 3.69. The molecular formula is C23H23NO6S. The van der Waals surface area contributed by atoms with Gasteiger partial charge in [-0.2, -0.15) is 0 Å². The molecule has 8 heteroatoms. The zero-order valence-corrected chi connectivity index (χ0v) is 18.3. The number of hydrogen-bond acceptors (Lipinski definition) is 7. The van der Waals surface area contributed by atoms with Gasteiger partial charge in [0.15, 0.2) is 22.9 Å². The number of hydrogen-bond donors (Lipinski definition) is 1. The molecule has 7 nitrogen and oxygen atoms in total. The Hall–Kier alpha value is -3.10. The summed E-state index contributed by atoms with van der Waals surface area (Å²) in [5.41, 5.74) is 0.447. The number of Topliss-reactive ketones (excluding diaryl/α,β-unsaturated/α-hetero) is 1. The van der Waals surface area contributed by atoms with E-state index in [1.165, 1.54) is 23.3 Å². The molecule has 0 saturated heterocycles. The van der Waals surface area contributed by atoms with Gasteiger partial charge < -0.3 is 23.9 Å². The summed E-state index contributed by atoms with van der Waals surface area (Å²) in [6, 6.07) is 9.92. The number of fused-ring (bicyclic) bond motifs is 1. The Bertz CT molecular complexity index is 1140. The second-order valence-corrected chi connectivity index (χ2v) is 8.40. The number of aliphatic hydroxyl groups is 1. The molecule has 1 atom stereocenters. The van der Waals surface area contributed by atoms with Crippen LogP contribution in [0.1, 0.15) is 35.3 Å². The van der Waals surface area contributed by atoms with E-state index < -0.39 is 23.5 Å². The minimum atomic E-state index is -0.703. The van der Waals surface area contributed by atoms with Gasteiger partial charge in [-0.25, -0.2) is 0 Å². The number of furan rings is 1. The van der Waals surface area contributed by atoms with Gasteiger partial charge in [-0.3, -0.25) is 9.59 Å². The fourth-order valence-corrected chi connectivity index (χ4v) is 4.53. The van der Waals surface area contributed by atoms with Gasteiger partial charge in [0.2, 0.25) is 5.78 Å². The number of benzene rings is 1. The lowest BCUT2D eigenvalue weighted by Crippen LogP contribution is -2.34. The molecule has 162 valence electrons. The normalized spacial score (nSPS) is 16.7. The van der Waals surface area contributed by atoms with Gasteiger partial charge in [0, 0.05) is 16.8 Å². The van der Waals surface area contributed by atoms with Gasteiger partial charge in [-0.05, 0) is 37.4 Å². The number of carbonyl (C=O) groups excluding carboxylic acids is 2. The van der Waals surface area contributed by atoms with Crippen molar-refractivity contribution < 1.29 is 28.6 Å². The minimum Gasteiger partial charge on any atom is -0.503 e. The number of thiophene rings is 1. The molecule has 1 unspecified atom stereocenters. The highest BCUT2D eigenvalue weighted by Crippen LogP contribution is 2.41.